The van der Waals surface area contributed by atoms with Gasteiger partial charge in [0.1, 0.15) is 23.9 Å². The van der Waals surface area contributed by atoms with Crippen molar-refractivity contribution in [1.29, 1.82) is 0 Å². The van der Waals surface area contributed by atoms with Crippen LogP contribution in [0.5, 0.6) is 5.75 Å². The molecule has 0 amide bonds. The van der Waals surface area contributed by atoms with E-state index in [1.165, 1.54) is 18.1 Å². The molecular formula is C20H27N6O4PS. The Kier molecular flexibility index (Phi) is 8.25. The second-order valence-electron chi connectivity index (χ2n) is 7.39. The molecular weight excluding hydrogens is 451 g/mol. The van der Waals surface area contributed by atoms with E-state index in [9.17, 15) is 9.36 Å². The highest BCUT2D eigenvalue weighted by Gasteiger charge is 2.27. The highest BCUT2D eigenvalue weighted by molar-refractivity contribution is 8.14. The minimum absolute atomic E-state index is 0.0902. The first-order chi connectivity index (χ1) is 15.3. The van der Waals surface area contributed by atoms with E-state index < -0.39 is 7.52 Å². The minimum atomic E-state index is -3.52. The summed E-state index contributed by atoms with van der Waals surface area (Å²) in [5.74, 6) is 0.729. The summed E-state index contributed by atoms with van der Waals surface area (Å²) in [5.41, 5.74) is 6.93. The number of rotatable bonds is 11. The van der Waals surface area contributed by atoms with Gasteiger partial charge in [0.15, 0.2) is 11.5 Å². The van der Waals surface area contributed by atoms with Crippen molar-refractivity contribution in [2.75, 3.05) is 18.6 Å². The van der Waals surface area contributed by atoms with E-state index in [2.05, 4.69) is 20.0 Å². The third-order valence-corrected chi connectivity index (χ3v) is 6.75. The molecule has 2 aromatic heterocycles. The lowest BCUT2D eigenvalue weighted by Crippen LogP contribution is -2.26. The van der Waals surface area contributed by atoms with Crippen LogP contribution in [0.3, 0.4) is 0 Å². The number of anilines is 1. The van der Waals surface area contributed by atoms with Crippen LogP contribution in [0.2, 0.25) is 0 Å². The van der Waals surface area contributed by atoms with E-state index in [1.807, 2.05) is 26.8 Å². The number of carbonyl (C=O) groups excluding carboxylic acids is 1. The number of nitrogens with one attached hydrogen (secondary N) is 1. The number of benzene rings is 1. The molecule has 0 aliphatic rings. The fourth-order valence-corrected chi connectivity index (χ4v) is 5.13. The van der Waals surface area contributed by atoms with Gasteiger partial charge in [0.2, 0.25) is 5.12 Å². The largest absolute Gasteiger partial charge is 0.431 e. The van der Waals surface area contributed by atoms with E-state index in [0.29, 0.717) is 29.3 Å². The standard InChI is InChI=1S/C20H27N6O4PS/c1-14(2)32-17(27)9-25-31(28,30-16-7-5-4-6-8-16)13-29-15(3)10-26-12-24-18-19(21)22-11-23-20(18)26/h4-8,11-12,14-15H,9-10,13H2,1-3H3,(H,25,28)(H2,21,22,23)/t15-,31?/m1/s1. The summed E-state index contributed by atoms with van der Waals surface area (Å²) in [4.78, 5) is 24.5. The van der Waals surface area contributed by atoms with Gasteiger partial charge in [0.25, 0.3) is 0 Å². The Morgan fingerprint density at radius 3 is 2.69 bits per heavy atom. The quantitative estimate of drug-likeness (QED) is 0.395. The fraction of sp³-hybridized carbons (Fsp3) is 0.400. The number of nitrogen functional groups attached to an aromatic ring is 1. The van der Waals surface area contributed by atoms with Gasteiger partial charge < -0.3 is 19.6 Å². The van der Waals surface area contributed by atoms with Crippen molar-refractivity contribution in [2.24, 2.45) is 0 Å². The van der Waals surface area contributed by atoms with Gasteiger partial charge in [-0.05, 0) is 19.1 Å². The third-order valence-electron chi connectivity index (χ3n) is 4.24. The van der Waals surface area contributed by atoms with Gasteiger partial charge in [-0.3, -0.25) is 9.36 Å². The van der Waals surface area contributed by atoms with E-state index in [0.717, 1.165) is 0 Å². The zero-order valence-electron chi connectivity index (χ0n) is 18.2. The smallest absolute Gasteiger partial charge is 0.342 e. The van der Waals surface area contributed by atoms with Gasteiger partial charge in [-0.1, -0.05) is 43.8 Å². The first kappa shape index (κ1) is 24.2. The number of fused-ring (bicyclic) bond motifs is 1. The molecule has 0 bridgehead atoms. The van der Waals surface area contributed by atoms with Gasteiger partial charge >= 0.3 is 7.52 Å². The molecule has 2 atom stereocenters. The summed E-state index contributed by atoms with van der Waals surface area (Å²) in [7, 11) is -3.52. The van der Waals surface area contributed by atoms with Crippen LogP contribution in [0.1, 0.15) is 20.8 Å². The molecule has 1 aromatic carbocycles. The molecule has 10 nitrogen and oxygen atoms in total. The molecule has 0 fully saturated rings. The average Bonchev–Trinajstić information content (AvgIpc) is 3.15. The number of nitrogens with zero attached hydrogens (tertiary/aromatic N) is 4. The predicted molar refractivity (Wildman–Crippen MR) is 126 cm³/mol. The van der Waals surface area contributed by atoms with Crippen molar-refractivity contribution in [3.63, 3.8) is 0 Å². The molecule has 0 aliphatic carbocycles. The number of ether oxygens (including phenoxy) is 1. The Balaban J connectivity index is 1.65. The number of imidazole rings is 1. The number of hydrogen-bond donors (Lipinski definition) is 2. The van der Waals surface area contributed by atoms with Crippen LogP contribution in [0.4, 0.5) is 5.82 Å². The van der Waals surface area contributed by atoms with Crippen molar-refractivity contribution in [1.82, 2.24) is 24.6 Å². The third kappa shape index (κ3) is 6.77. The second kappa shape index (κ2) is 10.9. The maximum absolute atomic E-state index is 13.5. The molecule has 0 radical (unpaired) electrons. The zero-order chi connectivity index (χ0) is 23.1. The van der Waals surface area contributed by atoms with Crippen molar-refractivity contribution in [3.05, 3.63) is 43.0 Å². The van der Waals surface area contributed by atoms with E-state index in [4.69, 9.17) is 15.0 Å². The van der Waals surface area contributed by atoms with Crippen LogP contribution >= 0.6 is 19.3 Å². The zero-order valence-corrected chi connectivity index (χ0v) is 19.9. The summed E-state index contributed by atoms with van der Waals surface area (Å²) in [6, 6.07) is 8.79. The highest BCUT2D eigenvalue weighted by Crippen LogP contribution is 2.43. The number of aromatic nitrogens is 4. The highest BCUT2D eigenvalue weighted by atomic mass is 32.2. The number of hydrogen-bond acceptors (Lipinski definition) is 9. The van der Waals surface area contributed by atoms with Crippen LogP contribution in [0.25, 0.3) is 11.2 Å². The number of carbonyl (C=O) groups is 1. The van der Waals surface area contributed by atoms with Crippen LogP contribution in [-0.4, -0.2) is 48.9 Å². The van der Waals surface area contributed by atoms with Crippen LogP contribution < -0.4 is 15.3 Å². The van der Waals surface area contributed by atoms with Crippen molar-refractivity contribution in [2.45, 2.75) is 38.7 Å². The molecule has 0 aliphatic heterocycles. The first-order valence-corrected chi connectivity index (χ1v) is 12.8. The van der Waals surface area contributed by atoms with E-state index in [-0.39, 0.29) is 29.4 Å². The Morgan fingerprint density at radius 2 is 1.97 bits per heavy atom. The van der Waals surface area contributed by atoms with Gasteiger partial charge in [-0.2, -0.15) is 0 Å². The number of thioether (sulfide) groups is 1. The summed E-state index contributed by atoms with van der Waals surface area (Å²) < 4.78 is 26.8. The van der Waals surface area contributed by atoms with E-state index >= 15 is 0 Å². The van der Waals surface area contributed by atoms with Gasteiger partial charge in [0, 0.05) is 5.25 Å². The molecule has 2 heterocycles. The molecule has 12 heteroatoms. The lowest BCUT2D eigenvalue weighted by atomic mass is 10.3. The molecule has 172 valence electrons. The molecule has 0 saturated carbocycles. The van der Waals surface area contributed by atoms with Crippen molar-refractivity contribution < 1.29 is 18.6 Å². The lowest BCUT2D eigenvalue weighted by Gasteiger charge is -2.22. The van der Waals surface area contributed by atoms with Crippen LogP contribution in [0, 0.1) is 0 Å². The van der Waals surface area contributed by atoms with Crippen molar-refractivity contribution >= 4 is 41.4 Å². The monoisotopic (exact) mass is 478 g/mol. The predicted octanol–water partition coefficient (Wildman–Crippen LogP) is 3.30. The summed E-state index contributed by atoms with van der Waals surface area (Å²) in [5, 5.41) is 2.80. The topological polar surface area (TPSA) is 134 Å². The lowest BCUT2D eigenvalue weighted by molar-refractivity contribution is -0.110. The average molecular weight is 479 g/mol. The molecule has 3 N–H and O–H groups in total. The second-order valence-corrected chi connectivity index (χ2v) is 11.1. The minimum Gasteiger partial charge on any atom is -0.431 e. The molecule has 3 aromatic rings. The molecule has 32 heavy (non-hydrogen) atoms. The first-order valence-electron chi connectivity index (χ1n) is 10.1. The van der Waals surface area contributed by atoms with Crippen molar-refractivity contribution in [3.8, 4) is 5.75 Å². The van der Waals surface area contributed by atoms with Crippen LogP contribution in [-0.2, 0) is 20.6 Å². The molecule has 3 rings (SSSR count). The SMILES string of the molecule is CC(C)SC(=O)CNP(=O)(CO[C@H](C)Cn1cnc2c(N)ncnc21)Oc1ccccc1. The Labute approximate surface area is 190 Å². The Morgan fingerprint density at radius 1 is 1.22 bits per heavy atom. The van der Waals surface area contributed by atoms with Gasteiger partial charge in [-0.25, -0.2) is 20.0 Å². The summed E-state index contributed by atoms with van der Waals surface area (Å²) >= 11 is 1.18. The fourth-order valence-electron chi connectivity index (χ4n) is 2.83. The normalized spacial score (nSPS) is 14.4. The number of para-hydroxylation sites is 1. The summed E-state index contributed by atoms with van der Waals surface area (Å²) in [6.07, 6.45) is 2.42. The number of nitrogens with two attached hydrogens (primary N) is 1. The van der Waals surface area contributed by atoms with Gasteiger partial charge in [0.05, 0.1) is 25.5 Å². The Hall–Kier alpha value is -2.46. The van der Waals surface area contributed by atoms with E-state index in [1.54, 1.807) is 35.2 Å². The molecule has 1 unspecified atom stereocenters. The maximum atomic E-state index is 13.5. The van der Waals surface area contributed by atoms with Gasteiger partial charge in [-0.15, -0.1) is 0 Å². The summed E-state index contributed by atoms with van der Waals surface area (Å²) in [6.45, 7) is 5.99. The van der Waals surface area contributed by atoms with Crippen LogP contribution in [0.15, 0.2) is 43.0 Å². The molecule has 0 spiro atoms. The molecule has 0 saturated heterocycles. The Bertz CT molecular complexity index is 1090. The maximum Gasteiger partial charge on any atom is 0.342 e.